The van der Waals surface area contributed by atoms with E-state index in [0.29, 0.717) is 0 Å². The quantitative estimate of drug-likeness (QED) is 0.0803. The number of aliphatic hydroxyl groups excluding tert-OH is 1. The number of ketones is 1. The minimum atomic E-state index is -2.17. The van der Waals surface area contributed by atoms with E-state index in [0.717, 1.165) is 5.52 Å². The van der Waals surface area contributed by atoms with Gasteiger partial charge in [0.2, 0.25) is 0 Å². The first-order valence-electron chi connectivity index (χ1n) is 11.8. The van der Waals surface area contributed by atoms with E-state index in [9.17, 15) is 9.90 Å². The number of pyridine rings is 1. The smallest absolute Gasteiger partial charge is 0 e. The average Bonchev–Trinajstić information content (AvgIpc) is 3.00. The van der Waals surface area contributed by atoms with Crippen molar-refractivity contribution in [2.24, 2.45) is 10.8 Å². The molecule has 0 saturated carbocycles. The van der Waals surface area contributed by atoms with E-state index in [4.69, 9.17) is 4.98 Å². The van der Waals surface area contributed by atoms with Crippen molar-refractivity contribution in [1.82, 2.24) is 4.98 Å². The van der Waals surface area contributed by atoms with E-state index in [-0.39, 0.29) is 37.1 Å². The van der Waals surface area contributed by atoms with Crippen molar-refractivity contribution in [3.05, 3.63) is 66.6 Å². The van der Waals surface area contributed by atoms with Crippen LogP contribution in [-0.2, 0) is 24.9 Å². The number of nitrogens with zero attached hydrogens (tertiary/aromatic N) is 1. The Morgan fingerprint density at radius 3 is 2.17 bits per heavy atom. The van der Waals surface area contributed by atoms with Gasteiger partial charge in [0.1, 0.15) is 5.76 Å². The summed E-state index contributed by atoms with van der Waals surface area (Å²) < 4.78 is 3.18. The second-order valence-corrected chi connectivity index (χ2v) is 20.9. The maximum Gasteiger partial charge on any atom is 0 e. The van der Waals surface area contributed by atoms with Crippen LogP contribution in [0.2, 0.25) is 11.5 Å². The Morgan fingerprint density at radius 2 is 1.54 bits per heavy atom. The Bertz CT molecular complexity index is 1390. The predicted octanol–water partition coefficient (Wildman–Crippen LogP) is 6.56. The van der Waals surface area contributed by atoms with Crippen LogP contribution in [0, 0.1) is 16.9 Å². The Balaban J connectivity index is 0.000000216. The molecular formula is C30H34GeIrNO2-. The number of carbonyl (C=O) groups is 1. The SMILES string of the molecule is CC(C)(C)C(=O)/C=C(\O)C(C)(C)C.[CH3][Ge]1([CH3])[c]2cccc3c4ccc[c-]c4c4ncc[c]1c4c23.[Ir]. The van der Waals surface area contributed by atoms with Gasteiger partial charge in [-0.3, -0.25) is 4.79 Å². The van der Waals surface area contributed by atoms with Gasteiger partial charge < -0.3 is 5.11 Å². The molecule has 5 heteroatoms. The Kier molecular flexibility index (Phi) is 7.45. The molecule has 0 atom stereocenters. The van der Waals surface area contributed by atoms with Gasteiger partial charge in [-0.05, 0) is 0 Å². The molecule has 0 bridgehead atoms. The molecule has 0 spiro atoms. The maximum atomic E-state index is 11.5. The minimum absolute atomic E-state index is 0. The first kappa shape index (κ1) is 27.6. The van der Waals surface area contributed by atoms with Crippen molar-refractivity contribution in [1.29, 1.82) is 0 Å². The monoisotopic (exact) mass is 707 g/mol. The van der Waals surface area contributed by atoms with Crippen LogP contribution in [0.25, 0.3) is 32.4 Å². The molecule has 4 aromatic rings. The van der Waals surface area contributed by atoms with Gasteiger partial charge in [-0.25, -0.2) is 0 Å². The first-order chi connectivity index (χ1) is 15.7. The molecule has 0 amide bonds. The van der Waals surface area contributed by atoms with Crippen molar-refractivity contribution >= 4 is 60.3 Å². The zero-order chi connectivity index (χ0) is 25.1. The van der Waals surface area contributed by atoms with Crippen molar-refractivity contribution in [2.45, 2.75) is 53.1 Å². The van der Waals surface area contributed by atoms with Crippen molar-refractivity contribution in [3.8, 4) is 0 Å². The van der Waals surface area contributed by atoms with Gasteiger partial charge in [-0.15, -0.1) is 0 Å². The van der Waals surface area contributed by atoms with Gasteiger partial charge >= 0.3 is 126 Å². The molecule has 5 rings (SSSR count). The molecule has 1 N–H and O–H groups in total. The van der Waals surface area contributed by atoms with Gasteiger partial charge in [0.25, 0.3) is 0 Å². The number of hydrogen-bond acceptors (Lipinski definition) is 3. The van der Waals surface area contributed by atoms with Crippen LogP contribution < -0.4 is 8.79 Å². The Morgan fingerprint density at radius 1 is 0.914 bits per heavy atom. The Hall–Kier alpha value is -2.01. The summed E-state index contributed by atoms with van der Waals surface area (Å²) in [6.45, 7) is 11.1. The zero-order valence-electron chi connectivity index (χ0n) is 21.8. The molecule has 1 aliphatic heterocycles. The third-order valence-electron chi connectivity index (χ3n) is 6.77. The molecule has 0 aliphatic carbocycles. The molecule has 35 heavy (non-hydrogen) atoms. The number of fused-ring (bicyclic) bond motifs is 3. The summed E-state index contributed by atoms with van der Waals surface area (Å²) in [6.07, 6.45) is 3.32. The second kappa shape index (κ2) is 9.46. The summed E-state index contributed by atoms with van der Waals surface area (Å²) in [7, 11) is 0. The fraction of sp³-hybridized carbons (Fsp3) is 0.333. The molecule has 1 aromatic heterocycles. The Labute approximate surface area is 224 Å². The minimum Gasteiger partial charge on any atom is 0 e. The van der Waals surface area contributed by atoms with Crippen LogP contribution in [-0.4, -0.2) is 29.1 Å². The van der Waals surface area contributed by atoms with E-state index in [1.807, 2.05) is 53.8 Å². The molecule has 0 saturated heterocycles. The van der Waals surface area contributed by atoms with Crippen LogP contribution in [0.3, 0.4) is 0 Å². The summed E-state index contributed by atoms with van der Waals surface area (Å²) in [5.41, 5.74) is 0.374. The number of allylic oxidation sites excluding steroid dienone is 2. The topological polar surface area (TPSA) is 50.2 Å². The van der Waals surface area contributed by atoms with E-state index < -0.39 is 18.7 Å². The van der Waals surface area contributed by atoms with E-state index in [2.05, 4.69) is 54.0 Å². The van der Waals surface area contributed by atoms with Gasteiger partial charge in [0, 0.05) is 37.0 Å². The maximum absolute atomic E-state index is 11.5. The summed E-state index contributed by atoms with van der Waals surface area (Å²) >= 11 is -2.17. The molecule has 0 fully saturated rings. The van der Waals surface area contributed by atoms with E-state index >= 15 is 0 Å². The van der Waals surface area contributed by atoms with Crippen molar-refractivity contribution in [3.63, 3.8) is 0 Å². The summed E-state index contributed by atoms with van der Waals surface area (Å²) in [4.78, 5) is 16.2. The number of rotatable bonds is 1. The van der Waals surface area contributed by atoms with E-state index in [1.165, 1.54) is 33.0 Å². The molecule has 3 aromatic carbocycles. The summed E-state index contributed by atoms with van der Waals surface area (Å²) in [5, 5.41) is 16.3. The van der Waals surface area contributed by atoms with Crippen LogP contribution in [0.5, 0.6) is 0 Å². The third kappa shape index (κ3) is 4.85. The van der Waals surface area contributed by atoms with Crippen molar-refractivity contribution < 1.29 is 30.0 Å². The summed E-state index contributed by atoms with van der Waals surface area (Å²) in [5.74, 6) is 5.10. The van der Waals surface area contributed by atoms with Crippen LogP contribution in [0.4, 0.5) is 0 Å². The number of hydrogen-bond donors (Lipinski definition) is 1. The van der Waals surface area contributed by atoms with Gasteiger partial charge in [-0.1, -0.05) is 41.5 Å². The molecule has 185 valence electrons. The molecular weight excluding hydrogens is 671 g/mol. The number of aliphatic hydroxyl groups is 1. The van der Waals surface area contributed by atoms with E-state index in [1.54, 1.807) is 8.79 Å². The second-order valence-electron chi connectivity index (χ2n) is 11.8. The predicted molar refractivity (Wildman–Crippen MR) is 147 cm³/mol. The first-order valence-corrected chi connectivity index (χ1v) is 18.1. The number of aromatic nitrogens is 1. The standard InChI is InChI=1S/C19H14GeN.C11H20O2.Ir/c1-20(2)15-9-5-8-13-12-6-3-4-7-14(12)19-18(17(13)15)16(20)10-11-21-19;1-10(2,3)8(12)7-9(13)11(4,5)6;/h3-6,8-11H,1-2H3;7,12H,1-6H3;/q-1;;/b;8-7-;. The molecule has 3 nitrogen and oxygen atoms in total. The molecule has 1 aliphatic rings. The van der Waals surface area contributed by atoms with Gasteiger partial charge in [0.15, 0.2) is 5.78 Å². The molecule has 1 radical (unpaired) electrons. The molecule has 2 heterocycles. The van der Waals surface area contributed by atoms with Gasteiger partial charge in [-0.2, -0.15) is 0 Å². The average molecular weight is 705 g/mol. The third-order valence-corrected chi connectivity index (χ3v) is 14.2. The van der Waals surface area contributed by atoms with Crippen LogP contribution in [0.1, 0.15) is 41.5 Å². The van der Waals surface area contributed by atoms with Gasteiger partial charge in [0.05, 0.1) is 0 Å². The van der Waals surface area contributed by atoms with Crippen molar-refractivity contribution in [2.75, 3.05) is 0 Å². The number of benzene rings is 3. The fourth-order valence-corrected chi connectivity index (χ4v) is 10.9. The van der Waals surface area contributed by atoms with Crippen LogP contribution in [0.15, 0.2) is 60.5 Å². The fourth-order valence-electron chi connectivity index (χ4n) is 4.55. The largest absolute Gasteiger partial charge is 0 e. The van der Waals surface area contributed by atoms with Crippen LogP contribution >= 0.6 is 0 Å². The molecule has 0 unspecified atom stereocenters. The zero-order valence-corrected chi connectivity index (χ0v) is 26.3. The normalized spacial score (nSPS) is 14.7. The summed E-state index contributed by atoms with van der Waals surface area (Å²) in [6, 6.07) is 18.8. The number of carbonyl (C=O) groups excluding carboxylic acids is 1.